The summed E-state index contributed by atoms with van der Waals surface area (Å²) in [7, 11) is 1.83. The van der Waals surface area contributed by atoms with E-state index in [9.17, 15) is 14.4 Å². The summed E-state index contributed by atoms with van der Waals surface area (Å²) >= 11 is 1.27. The quantitative estimate of drug-likeness (QED) is 0.278. The summed E-state index contributed by atoms with van der Waals surface area (Å²) in [4.78, 5) is 36.0. The first kappa shape index (κ1) is 23.9. The van der Waals surface area contributed by atoms with Crippen LogP contribution in [0.15, 0.2) is 84.0 Å². The van der Waals surface area contributed by atoms with Crippen molar-refractivity contribution in [1.29, 1.82) is 0 Å². The van der Waals surface area contributed by atoms with E-state index in [-0.39, 0.29) is 23.4 Å². The highest BCUT2D eigenvalue weighted by atomic mass is 32.2. The second-order valence-corrected chi connectivity index (χ2v) is 8.68. The molecule has 0 saturated heterocycles. The molecule has 0 bridgehead atoms. The zero-order valence-corrected chi connectivity index (χ0v) is 20.0. The molecule has 1 aromatic heterocycles. The van der Waals surface area contributed by atoms with Gasteiger partial charge in [0.25, 0.3) is 5.91 Å². The predicted octanol–water partition coefficient (Wildman–Crippen LogP) is 4.67. The Labute approximate surface area is 206 Å². The largest absolute Gasteiger partial charge is 0.325 e. The van der Waals surface area contributed by atoms with Gasteiger partial charge in [0.05, 0.1) is 5.75 Å². The number of aromatic nitrogens is 3. The van der Waals surface area contributed by atoms with Crippen molar-refractivity contribution in [2.24, 2.45) is 7.05 Å². The van der Waals surface area contributed by atoms with E-state index in [1.165, 1.54) is 18.7 Å². The zero-order chi connectivity index (χ0) is 24.8. The maximum Gasteiger partial charge on any atom is 0.255 e. The van der Waals surface area contributed by atoms with Gasteiger partial charge in [-0.1, -0.05) is 30.0 Å². The Hall–Kier alpha value is -4.24. The van der Waals surface area contributed by atoms with Gasteiger partial charge in [-0.3, -0.25) is 14.4 Å². The van der Waals surface area contributed by atoms with Gasteiger partial charge in [-0.25, -0.2) is 0 Å². The number of benzene rings is 3. The molecular weight excluding hydrogens is 462 g/mol. The number of amides is 2. The molecule has 0 saturated carbocycles. The van der Waals surface area contributed by atoms with E-state index in [0.717, 1.165) is 5.56 Å². The first-order chi connectivity index (χ1) is 16.9. The molecule has 0 spiro atoms. The summed E-state index contributed by atoms with van der Waals surface area (Å²) in [6, 6.07) is 23.1. The molecule has 35 heavy (non-hydrogen) atoms. The lowest BCUT2D eigenvalue weighted by atomic mass is 10.1. The average molecular weight is 486 g/mol. The van der Waals surface area contributed by atoms with Gasteiger partial charge in [-0.05, 0) is 67.6 Å². The fourth-order valence-electron chi connectivity index (χ4n) is 3.30. The minimum atomic E-state index is -0.186. The molecule has 0 aliphatic carbocycles. The number of thioether (sulfide) groups is 1. The van der Waals surface area contributed by atoms with Gasteiger partial charge in [0.1, 0.15) is 0 Å². The molecule has 8 nitrogen and oxygen atoms in total. The number of carbonyl (C=O) groups excluding carboxylic acids is 3. The number of Topliss-reactive ketones (excluding diaryl/α,β-unsaturated/α-hetero) is 1. The lowest BCUT2D eigenvalue weighted by Gasteiger charge is -2.08. The van der Waals surface area contributed by atoms with Crippen molar-refractivity contribution >= 4 is 40.7 Å². The minimum absolute atomic E-state index is 0.0249. The van der Waals surface area contributed by atoms with E-state index >= 15 is 0 Å². The van der Waals surface area contributed by atoms with Crippen molar-refractivity contribution in [2.75, 3.05) is 16.4 Å². The third-order valence-electron chi connectivity index (χ3n) is 5.18. The van der Waals surface area contributed by atoms with Gasteiger partial charge in [0, 0.05) is 35.1 Å². The fourth-order valence-corrected chi connectivity index (χ4v) is 4.01. The second kappa shape index (κ2) is 10.8. The molecule has 9 heteroatoms. The Kier molecular flexibility index (Phi) is 7.37. The lowest BCUT2D eigenvalue weighted by molar-refractivity contribution is -0.113. The predicted molar refractivity (Wildman–Crippen MR) is 137 cm³/mol. The lowest BCUT2D eigenvalue weighted by Crippen LogP contribution is -2.14. The number of hydrogen-bond acceptors (Lipinski definition) is 6. The highest BCUT2D eigenvalue weighted by Gasteiger charge is 2.14. The molecule has 0 aliphatic heterocycles. The molecule has 2 amide bonds. The standard InChI is InChI=1S/C26H23N5O3S/c1-17(32)18-8-12-21(13-9-18)27-23(33)16-35-26-30-29-24(31(26)2)19-10-14-22(15-11-19)28-25(34)20-6-4-3-5-7-20/h3-15H,16H2,1-2H3,(H,27,33)(H,28,34). The number of hydrogen-bond donors (Lipinski definition) is 2. The second-order valence-electron chi connectivity index (χ2n) is 7.73. The molecule has 3 aromatic carbocycles. The number of rotatable bonds is 8. The minimum Gasteiger partial charge on any atom is -0.325 e. The monoisotopic (exact) mass is 485 g/mol. The van der Waals surface area contributed by atoms with Crippen LogP contribution in [0, 0.1) is 0 Å². The highest BCUT2D eigenvalue weighted by molar-refractivity contribution is 7.99. The summed E-state index contributed by atoms with van der Waals surface area (Å²) in [6.07, 6.45) is 0. The SMILES string of the molecule is CC(=O)c1ccc(NC(=O)CSc2nnc(-c3ccc(NC(=O)c4ccccc4)cc3)n2C)cc1. The topological polar surface area (TPSA) is 106 Å². The molecule has 176 valence electrons. The van der Waals surface area contributed by atoms with E-state index in [4.69, 9.17) is 0 Å². The van der Waals surface area contributed by atoms with Crippen LogP contribution in [0.1, 0.15) is 27.6 Å². The number of ketones is 1. The van der Waals surface area contributed by atoms with E-state index in [2.05, 4.69) is 20.8 Å². The van der Waals surface area contributed by atoms with Crippen LogP contribution >= 0.6 is 11.8 Å². The summed E-state index contributed by atoms with van der Waals surface area (Å²) in [5.41, 5.74) is 3.31. The van der Waals surface area contributed by atoms with Crippen molar-refractivity contribution in [3.63, 3.8) is 0 Å². The normalized spacial score (nSPS) is 10.6. The van der Waals surface area contributed by atoms with E-state index in [1.807, 2.05) is 54.1 Å². The van der Waals surface area contributed by atoms with Gasteiger partial charge < -0.3 is 15.2 Å². The van der Waals surface area contributed by atoms with E-state index in [0.29, 0.717) is 33.5 Å². The van der Waals surface area contributed by atoms with Crippen LogP contribution in [-0.2, 0) is 11.8 Å². The molecule has 0 radical (unpaired) electrons. The van der Waals surface area contributed by atoms with Gasteiger partial charge in [0.15, 0.2) is 16.8 Å². The Bertz CT molecular complexity index is 1350. The first-order valence-electron chi connectivity index (χ1n) is 10.8. The molecule has 0 atom stereocenters. The molecule has 2 N–H and O–H groups in total. The third kappa shape index (κ3) is 6.01. The summed E-state index contributed by atoms with van der Waals surface area (Å²) in [5.74, 6) is 0.416. The van der Waals surface area contributed by atoms with Crippen molar-refractivity contribution in [3.05, 3.63) is 90.0 Å². The highest BCUT2D eigenvalue weighted by Crippen LogP contribution is 2.24. The van der Waals surface area contributed by atoms with Crippen LogP contribution in [0.5, 0.6) is 0 Å². The fraction of sp³-hybridized carbons (Fsp3) is 0.115. The van der Waals surface area contributed by atoms with Crippen LogP contribution in [0.2, 0.25) is 0 Å². The molecule has 0 aliphatic rings. The van der Waals surface area contributed by atoms with Crippen LogP contribution in [0.3, 0.4) is 0 Å². The Balaban J connectivity index is 1.34. The molecule has 4 rings (SSSR count). The maximum atomic E-state index is 12.3. The number of nitrogens with zero attached hydrogens (tertiary/aromatic N) is 3. The van der Waals surface area contributed by atoms with Crippen LogP contribution in [0.4, 0.5) is 11.4 Å². The Morgan fingerprint density at radius 2 is 1.43 bits per heavy atom. The molecule has 4 aromatic rings. The van der Waals surface area contributed by atoms with Crippen molar-refractivity contribution in [2.45, 2.75) is 12.1 Å². The first-order valence-corrected chi connectivity index (χ1v) is 11.8. The average Bonchev–Trinajstić information content (AvgIpc) is 3.24. The molecular formula is C26H23N5O3S. The number of anilines is 2. The van der Waals surface area contributed by atoms with Crippen LogP contribution < -0.4 is 10.6 Å². The Morgan fingerprint density at radius 3 is 2.09 bits per heavy atom. The number of nitrogens with one attached hydrogen (secondary N) is 2. The van der Waals surface area contributed by atoms with Gasteiger partial charge in [-0.15, -0.1) is 10.2 Å². The van der Waals surface area contributed by atoms with E-state index in [1.54, 1.807) is 36.4 Å². The van der Waals surface area contributed by atoms with Gasteiger partial charge in [-0.2, -0.15) is 0 Å². The molecule has 0 unspecified atom stereocenters. The van der Waals surface area contributed by atoms with Gasteiger partial charge >= 0.3 is 0 Å². The van der Waals surface area contributed by atoms with Crippen LogP contribution in [0.25, 0.3) is 11.4 Å². The third-order valence-corrected chi connectivity index (χ3v) is 6.20. The number of carbonyl (C=O) groups is 3. The van der Waals surface area contributed by atoms with Crippen molar-refractivity contribution in [1.82, 2.24) is 14.8 Å². The summed E-state index contributed by atoms with van der Waals surface area (Å²) < 4.78 is 1.82. The van der Waals surface area contributed by atoms with Crippen molar-refractivity contribution < 1.29 is 14.4 Å². The molecule has 1 heterocycles. The van der Waals surface area contributed by atoms with Crippen molar-refractivity contribution in [3.8, 4) is 11.4 Å². The summed E-state index contributed by atoms with van der Waals surface area (Å²) in [6.45, 7) is 1.50. The molecule has 0 fully saturated rings. The van der Waals surface area contributed by atoms with E-state index < -0.39 is 0 Å². The smallest absolute Gasteiger partial charge is 0.255 e. The zero-order valence-electron chi connectivity index (χ0n) is 19.2. The summed E-state index contributed by atoms with van der Waals surface area (Å²) in [5, 5.41) is 14.7. The van der Waals surface area contributed by atoms with Gasteiger partial charge in [0.2, 0.25) is 5.91 Å². The maximum absolute atomic E-state index is 12.3. The Morgan fingerprint density at radius 1 is 0.800 bits per heavy atom. The van der Waals surface area contributed by atoms with Crippen LogP contribution in [-0.4, -0.2) is 38.1 Å².